The van der Waals surface area contributed by atoms with Gasteiger partial charge in [0.25, 0.3) is 5.91 Å². The zero-order valence-electron chi connectivity index (χ0n) is 19.7. The van der Waals surface area contributed by atoms with Crippen molar-refractivity contribution < 1.29 is 13.9 Å². The molecule has 0 unspecified atom stereocenters. The average Bonchev–Trinajstić information content (AvgIpc) is 3.27. The van der Waals surface area contributed by atoms with Crippen molar-refractivity contribution in [1.29, 1.82) is 0 Å². The van der Waals surface area contributed by atoms with Gasteiger partial charge < -0.3 is 19.0 Å². The molecule has 4 aromatic rings. The number of nitrogens with one attached hydrogen (secondary N) is 1. The van der Waals surface area contributed by atoms with Crippen LogP contribution in [0.15, 0.2) is 63.9 Å². The maximum Gasteiger partial charge on any atom is 0.337 e. The highest BCUT2D eigenvalue weighted by Gasteiger charge is 2.23. The van der Waals surface area contributed by atoms with Crippen molar-refractivity contribution in [3.63, 3.8) is 0 Å². The average molecular weight is 457 g/mol. The van der Waals surface area contributed by atoms with Gasteiger partial charge >= 0.3 is 5.63 Å². The van der Waals surface area contributed by atoms with E-state index in [0.717, 1.165) is 12.8 Å². The molecule has 34 heavy (non-hydrogen) atoms. The number of fused-ring (bicyclic) bond motifs is 2. The van der Waals surface area contributed by atoms with Crippen LogP contribution in [0.4, 0.5) is 0 Å². The van der Waals surface area contributed by atoms with Crippen molar-refractivity contribution >= 4 is 33.4 Å². The predicted molar refractivity (Wildman–Crippen MR) is 134 cm³/mol. The molecule has 0 aliphatic carbocycles. The van der Waals surface area contributed by atoms with Crippen LogP contribution in [-0.2, 0) is 6.42 Å². The SMILES string of the molecule is CCc1cccc2c(C3=CCN(C(=O)c4cc(=O)oc5cc(OC(C)C)ccc45)CC3)c[nH]c12. The molecule has 2 aromatic carbocycles. The summed E-state index contributed by atoms with van der Waals surface area (Å²) < 4.78 is 11.1. The van der Waals surface area contributed by atoms with Gasteiger partial charge in [0.2, 0.25) is 0 Å². The maximum atomic E-state index is 13.4. The monoisotopic (exact) mass is 456 g/mol. The second kappa shape index (κ2) is 8.86. The smallest absolute Gasteiger partial charge is 0.337 e. The predicted octanol–water partition coefficient (Wildman–Crippen LogP) is 5.55. The lowest BCUT2D eigenvalue weighted by Gasteiger charge is -2.27. The summed E-state index contributed by atoms with van der Waals surface area (Å²) in [7, 11) is 0. The van der Waals surface area contributed by atoms with Crippen LogP contribution in [0.1, 0.15) is 48.7 Å². The van der Waals surface area contributed by atoms with Crippen LogP contribution < -0.4 is 10.4 Å². The van der Waals surface area contributed by atoms with Gasteiger partial charge in [0, 0.05) is 53.3 Å². The molecule has 6 heteroatoms. The maximum absolute atomic E-state index is 13.4. The number of benzene rings is 2. The Morgan fingerprint density at radius 3 is 2.76 bits per heavy atom. The van der Waals surface area contributed by atoms with Gasteiger partial charge in [-0.1, -0.05) is 31.2 Å². The number of ether oxygens (including phenoxy) is 1. The Balaban J connectivity index is 1.42. The van der Waals surface area contributed by atoms with Crippen LogP contribution >= 0.6 is 0 Å². The van der Waals surface area contributed by atoms with Gasteiger partial charge in [-0.25, -0.2) is 4.79 Å². The number of carbonyl (C=O) groups excluding carboxylic acids is 1. The van der Waals surface area contributed by atoms with Gasteiger partial charge in [0.1, 0.15) is 11.3 Å². The Morgan fingerprint density at radius 2 is 2.03 bits per heavy atom. The minimum absolute atomic E-state index is 0.00553. The van der Waals surface area contributed by atoms with Crippen LogP contribution in [0.25, 0.3) is 27.4 Å². The summed E-state index contributed by atoms with van der Waals surface area (Å²) in [6.07, 6.45) is 5.91. The van der Waals surface area contributed by atoms with E-state index < -0.39 is 5.63 Å². The first-order valence-corrected chi connectivity index (χ1v) is 11.8. The van der Waals surface area contributed by atoms with E-state index in [1.165, 1.54) is 33.7 Å². The lowest BCUT2D eigenvalue weighted by molar-refractivity contribution is 0.0774. The third kappa shape index (κ3) is 4.00. The Bertz CT molecular complexity index is 1480. The number of aromatic nitrogens is 1. The van der Waals surface area contributed by atoms with Crippen LogP contribution in [-0.4, -0.2) is 35.0 Å². The summed E-state index contributed by atoms with van der Waals surface area (Å²) in [5, 5.41) is 1.83. The molecule has 5 rings (SSSR count). The number of rotatable bonds is 5. The van der Waals surface area contributed by atoms with Crippen molar-refractivity contribution in [2.75, 3.05) is 13.1 Å². The minimum Gasteiger partial charge on any atom is -0.491 e. The highest BCUT2D eigenvalue weighted by Crippen LogP contribution is 2.32. The quantitative estimate of drug-likeness (QED) is 0.399. The molecule has 0 atom stereocenters. The molecule has 1 amide bonds. The van der Waals surface area contributed by atoms with Crippen molar-refractivity contribution in [1.82, 2.24) is 9.88 Å². The van der Waals surface area contributed by atoms with E-state index in [1.54, 1.807) is 23.1 Å². The molecule has 0 saturated carbocycles. The molecule has 3 heterocycles. The zero-order valence-corrected chi connectivity index (χ0v) is 19.7. The van der Waals surface area contributed by atoms with Crippen LogP contribution in [0, 0.1) is 0 Å². The molecule has 0 radical (unpaired) electrons. The van der Waals surface area contributed by atoms with E-state index >= 15 is 0 Å². The van der Waals surface area contributed by atoms with Crippen molar-refractivity contribution in [2.45, 2.75) is 39.7 Å². The standard InChI is InChI=1S/C28H28N2O4/c1-4-18-6-5-7-22-24(16-29-27(18)22)19-10-12-30(13-11-19)28(32)23-15-26(31)34-25-14-20(33-17(2)3)8-9-21(23)25/h5-10,14-17,29H,4,11-13H2,1-3H3. The molecule has 1 N–H and O–H groups in total. The Labute approximate surface area is 197 Å². The largest absolute Gasteiger partial charge is 0.491 e. The number of para-hydroxylation sites is 1. The van der Waals surface area contributed by atoms with E-state index in [9.17, 15) is 9.59 Å². The number of amides is 1. The molecule has 1 aliphatic rings. The van der Waals surface area contributed by atoms with Crippen LogP contribution in [0.5, 0.6) is 5.75 Å². The number of aromatic amines is 1. The lowest BCUT2D eigenvalue weighted by atomic mass is 9.97. The molecule has 1 aliphatic heterocycles. The number of hydrogen-bond acceptors (Lipinski definition) is 4. The van der Waals surface area contributed by atoms with Crippen LogP contribution in [0.2, 0.25) is 0 Å². The summed E-state index contributed by atoms with van der Waals surface area (Å²) in [4.78, 5) is 30.8. The Morgan fingerprint density at radius 1 is 1.18 bits per heavy atom. The fraction of sp³-hybridized carbons (Fsp3) is 0.286. The summed E-state index contributed by atoms with van der Waals surface area (Å²) in [6.45, 7) is 7.09. The molecular formula is C28H28N2O4. The fourth-order valence-corrected chi connectivity index (χ4v) is 4.71. The first kappa shape index (κ1) is 22.0. The van der Waals surface area contributed by atoms with Crippen molar-refractivity contribution in [3.8, 4) is 5.75 Å². The van der Waals surface area contributed by atoms with Crippen molar-refractivity contribution in [3.05, 3.63) is 81.8 Å². The van der Waals surface area contributed by atoms with Gasteiger partial charge in [-0.3, -0.25) is 4.79 Å². The van der Waals surface area contributed by atoms with Crippen molar-refractivity contribution in [2.24, 2.45) is 0 Å². The van der Waals surface area contributed by atoms with E-state index in [1.807, 2.05) is 13.8 Å². The van der Waals surface area contributed by atoms with E-state index in [2.05, 4.69) is 42.4 Å². The number of hydrogen-bond donors (Lipinski definition) is 1. The normalized spacial score (nSPS) is 14.1. The summed E-state index contributed by atoms with van der Waals surface area (Å²) >= 11 is 0. The molecule has 174 valence electrons. The fourth-order valence-electron chi connectivity index (χ4n) is 4.71. The van der Waals surface area contributed by atoms with Gasteiger partial charge in [0.05, 0.1) is 11.7 Å². The molecule has 0 spiro atoms. The molecule has 2 aromatic heterocycles. The number of H-pyrrole nitrogens is 1. The molecule has 0 fully saturated rings. The molecule has 0 saturated heterocycles. The van der Waals surface area contributed by atoms with E-state index in [-0.39, 0.29) is 12.0 Å². The Kier molecular flexibility index (Phi) is 5.74. The van der Waals surface area contributed by atoms with E-state index in [4.69, 9.17) is 9.15 Å². The zero-order chi connectivity index (χ0) is 23.8. The second-order valence-electron chi connectivity index (χ2n) is 8.93. The molecule has 6 nitrogen and oxygen atoms in total. The van der Waals surface area contributed by atoms with Gasteiger partial charge in [0.15, 0.2) is 0 Å². The topological polar surface area (TPSA) is 75.5 Å². The third-order valence-electron chi connectivity index (χ3n) is 6.34. The highest BCUT2D eigenvalue weighted by atomic mass is 16.5. The third-order valence-corrected chi connectivity index (χ3v) is 6.34. The summed E-state index contributed by atoms with van der Waals surface area (Å²) in [5.41, 5.74) is 5.08. The van der Waals surface area contributed by atoms with E-state index in [0.29, 0.717) is 35.4 Å². The summed E-state index contributed by atoms with van der Waals surface area (Å²) in [6, 6.07) is 12.9. The van der Waals surface area contributed by atoms with Gasteiger partial charge in [-0.2, -0.15) is 0 Å². The highest BCUT2D eigenvalue weighted by molar-refractivity contribution is 6.06. The molecule has 0 bridgehead atoms. The first-order valence-electron chi connectivity index (χ1n) is 11.8. The van der Waals surface area contributed by atoms with Crippen LogP contribution in [0.3, 0.4) is 0 Å². The second-order valence-corrected chi connectivity index (χ2v) is 8.93. The Hall–Kier alpha value is -3.80. The number of nitrogens with zero attached hydrogens (tertiary/aromatic N) is 1. The number of carbonyl (C=O) groups is 1. The number of aryl methyl sites for hydroxylation is 1. The minimum atomic E-state index is -0.545. The van der Waals surface area contributed by atoms with Gasteiger partial charge in [-0.05, 0) is 50.0 Å². The molecular weight excluding hydrogens is 428 g/mol. The first-order chi connectivity index (χ1) is 16.4. The summed E-state index contributed by atoms with van der Waals surface area (Å²) in [5.74, 6) is 0.434. The van der Waals surface area contributed by atoms with Gasteiger partial charge in [-0.15, -0.1) is 0 Å². The lowest BCUT2D eigenvalue weighted by Crippen LogP contribution is -2.35.